The Morgan fingerprint density at radius 2 is 1.92 bits per heavy atom. The van der Waals surface area contributed by atoms with Crippen molar-refractivity contribution in [3.63, 3.8) is 0 Å². The first-order valence-electron chi connectivity index (χ1n) is 9.61. The maximum atomic E-state index is 12.7. The summed E-state index contributed by atoms with van der Waals surface area (Å²) in [5.41, 5.74) is -0.692. The number of pyridine rings is 1. The third-order valence-electron chi connectivity index (χ3n) is 5.35. The number of nitrogens with zero attached hydrogens (tertiary/aromatic N) is 3. The standard InChI is InChI=1S/C19H28F3N3O/c1-2-12-26-17-4-3-9-25(14-17)16-7-10-24(11-8-16)18-6-5-15(13-23-18)19(20,21)22/h5-6,13,16-17H,2-4,7-12,14H2,1H3. The number of hydrogen-bond acceptors (Lipinski definition) is 4. The second kappa shape index (κ2) is 8.57. The molecular weight excluding hydrogens is 343 g/mol. The van der Waals surface area contributed by atoms with Gasteiger partial charge in [-0.1, -0.05) is 6.92 Å². The van der Waals surface area contributed by atoms with Crippen LogP contribution in [0.4, 0.5) is 19.0 Å². The summed E-state index contributed by atoms with van der Waals surface area (Å²) in [5, 5.41) is 0. The molecule has 0 aromatic carbocycles. The number of halogens is 3. The molecule has 1 atom stereocenters. The molecule has 2 saturated heterocycles. The van der Waals surface area contributed by atoms with Gasteiger partial charge in [0.25, 0.3) is 0 Å². The van der Waals surface area contributed by atoms with E-state index in [9.17, 15) is 13.2 Å². The Balaban J connectivity index is 1.51. The van der Waals surface area contributed by atoms with E-state index in [0.29, 0.717) is 18.0 Å². The van der Waals surface area contributed by atoms with Gasteiger partial charge in [0, 0.05) is 38.5 Å². The van der Waals surface area contributed by atoms with Gasteiger partial charge in [-0.05, 0) is 50.8 Å². The van der Waals surface area contributed by atoms with E-state index in [-0.39, 0.29) is 0 Å². The van der Waals surface area contributed by atoms with Crippen molar-refractivity contribution < 1.29 is 17.9 Å². The number of piperidine rings is 2. The lowest BCUT2D eigenvalue weighted by atomic mass is 9.99. The van der Waals surface area contributed by atoms with Crippen molar-refractivity contribution in [1.29, 1.82) is 0 Å². The number of aromatic nitrogens is 1. The average molecular weight is 371 g/mol. The van der Waals surface area contributed by atoms with Crippen LogP contribution in [-0.4, -0.2) is 54.8 Å². The van der Waals surface area contributed by atoms with E-state index in [0.717, 1.165) is 70.7 Å². The van der Waals surface area contributed by atoms with Crippen molar-refractivity contribution in [1.82, 2.24) is 9.88 Å². The quantitative estimate of drug-likeness (QED) is 0.783. The molecule has 0 saturated carbocycles. The van der Waals surface area contributed by atoms with Crippen molar-refractivity contribution in [3.05, 3.63) is 23.9 Å². The molecule has 0 aliphatic carbocycles. The highest BCUT2D eigenvalue weighted by atomic mass is 19.4. The van der Waals surface area contributed by atoms with Gasteiger partial charge in [-0.2, -0.15) is 13.2 Å². The fourth-order valence-electron chi connectivity index (χ4n) is 3.92. The molecule has 0 N–H and O–H groups in total. The Labute approximate surface area is 153 Å². The van der Waals surface area contributed by atoms with Gasteiger partial charge in [0.2, 0.25) is 0 Å². The summed E-state index contributed by atoms with van der Waals surface area (Å²) in [4.78, 5) is 8.66. The molecule has 7 heteroatoms. The third-order valence-corrected chi connectivity index (χ3v) is 5.35. The predicted octanol–water partition coefficient (Wildman–Crippen LogP) is 3.96. The monoisotopic (exact) mass is 371 g/mol. The first-order valence-corrected chi connectivity index (χ1v) is 9.61. The molecule has 3 rings (SSSR count). The fourth-order valence-corrected chi connectivity index (χ4v) is 3.92. The van der Waals surface area contributed by atoms with Crippen molar-refractivity contribution in [2.75, 3.05) is 37.7 Å². The van der Waals surface area contributed by atoms with Crippen LogP contribution in [0.1, 0.15) is 44.6 Å². The highest BCUT2D eigenvalue weighted by molar-refractivity contribution is 5.40. The van der Waals surface area contributed by atoms with E-state index >= 15 is 0 Å². The number of rotatable bonds is 5. The zero-order chi connectivity index (χ0) is 18.6. The summed E-state index contributed by atoms with van der Waals surface area (Å²) in [6, 6.07) is 3.14. The van der Waals surface area contributed by atoms with Gasteiger partial charge in [0.15, 0.2) is 0 Å². The lowest BCUT2D eigenvalue weighted by Crippen LogP contribution is -2.50. The highest BCUT2D eigenvalue weighted by Gasteiger charge is 2.32. The molecular formula is C19H28F3N3O. The number of hydrogen-bond donors (Lipinski definition) is 0. The van der Waals surface area contributed by atoms with Gasteiger partial charge in [-0.3, -0.25) is 4.90 Å². The van der Waals surface area contributed by atoms with Gasteiger partial charge in [-0.15, -0.1) is 0 Å². The maximum Gasteiger partial charge on any atom is 0.417 e. The zero-order valence-electron chi connectivity index (χ0n) is 15.3. The minimum Gasteiger partial charge on any atom is -0.377 e. The molecule has 1 unspecified atom stereocenters. The lowest BCUT2D eigenvalue weighted by molar-refractivity contribution is -0.137. The minimum absolute atomic E-state index is 0.346. The van der Waals surface area contributed by atoms with E-state index in [1.54, 1.807) is 0 Å². The van der Waals surface area contributed by atoms with Crippen LogP contribution < -0.4 is 4.90 Å². The van der Waals surface area contributed by atoms with Crippen LogP contribution in [0.25, 0.3) is 0 Å². The second-order valence-corrected chi connectivity index (χ2v) is 7.25. The Hall–Kier alpha value is -1.34. The van der Waals surface area contributed by atoms with E-state index < -0.39 is 11.7 Å². The lowest BCUT2D eigenvalue weighted by Gasteiger charge is -2.42. The smallest absolute Gasteiger partial charge is 0.377 e. The molecule has 26 heavy (non-hydrogen) atoms. The van der Waals surface area contributed by atoms with E-state index in [1.807, 2.05) is 0 Å². The summed E-state index contributed by atoms with van der Waals surface area (Å²) in [5.74, 6) is 0.638. The fraction of sp³-hybridized carbons (Fsp3) is 0.737. The topological polar surface area (TPSA) is 28.6 Å². The van der Waals surface area contributed by atoms with E-state index in [2.05, 4.69) is 21.7 Å². The first-order chi connectivity index (χ1) is 12.5. The van der Waals surface area contributed by atoms with Crippen LogP contribution in [0.3, 0.4) is 0 Å². The molecule has 2 fully saturated rings. The minimum atomic E-state index is -4.33. The molecule has 2 aliphatic heterocycles. The summed E-state index contributed by atoms with van der Waals surface area (Å²) >= 11 is 0. The van der Waals surface area contributed by atoms with Crippen molar-refractivity contribution >= 4 is 5.82 Å². The average Bonchev–Trinajstić information content (AvgIpc) is 2.66. The third kappa shape index (κ3) is 4.88. The Morgan fingerprint density at radius 3 is 2.54 bits per heavy atom. The van der Waals surface area contributed by atoms with Gasteiger partial charge in [-0.25, -0.2) is 4.98 Å². The summed E-state index contributed by atoms with van der Waals surface area (Å²) in [6.45, 7) is 6.75. The summed E-state index contributed by atoms with van der Waals surface area (Å²) in [6.07, 6.45) is 2.35. The van der Waals surface area contributed by atoms with Crippen molar-refractivity contribution in [2.45, 2.75) is 57.3 Å². The maximum absolute atomic E-state index is 12.7. The van der Waals surface area contributed by atoms with Gasteiger partial charge < -0.3 is 9.64 Å². The largest absolute Gasteiger partial charge is 0.417 e. The van der Waals surface area contributed by atoms with Crippen LogP contribution in [0.15, 0.2) is 18.3 Å². The molecule has 0 bridgehead atoms. The molecule has 146 valence electrons. The molecule has 1 aromatic heterocycles. The van der Waals surface area contributed by atoms with Crippen LogP contribution in [-0.2, 0) is 10.9 Å². The number of likely N-dealkylation sites (tertiary alicyclic amines) is 1. The summed E-state index contributed by atoms with van der Waals surface area (Å²) < 4.78 is 43.9. The van der Waals surface area contributed by atoms with Crippen molar-refractivity contribution in [2.24, 2.45) is 0 Å². The van der Waals surface area contributed by atoms with Crippen LogP contribution in [0, 0.1) is 0 Å². The SMILES string of the molecule is CCCOC1CCCN(C2CCN(c3ccc(C(F)(F)F)cn3)CC2)C1. The summed E-state index contributed by atoms with van der Waals surface area (Å²) in [7, 11) is 0. The zero-order valence-corrected chi connectivity index (χ0v) is 15.3. The van der Waals surface area contributed by atoms with Crippen LogP contribution in [0.2, 0.25) is 0 Å². The molecule has 1 aromatic rings. The van der Waals surface area contributed by atoms with Crippen LogP contribution in [0.5, 0.6) is 0 Å². The molecule has 0 spiro atoms. The Morgan fingerprint density at radius 1 is 1.15 bits per heavy atom. The Bertz CT molecular complexity index is 556. The van der Waals surface area contributed by atoms with E-state index in [1.165, 1.54) is 12.5 Å². The molecule has 0 radical (unpaired) electrons. The normalized spacial score (nSPS) is 23.4. The molecule has 2 aliphatic rings. The molecule has 3 heterocycles. The number of alkyl halides is 3. The predicted molar refractivity (Wildman–Crippen MR) is 95.3 cm³/mol. The second-order valence-electron chi connectivity index (χ2n) is 7.25. The number of anilines is 1. The van der Waals surface area contributed by atoms with E-state index in [4.69, 9.17) is 4.74 Å². The van der Waals surface area contributed by atoms with Gasteiger partial charge >= 0.3 is 6.18 Å². The first kappa shape index (κ1) is 19.4. The van der Waals surface area contributed by atoms with Crippen LogP contribution >= 0.6 is 0 Å². The molecule has 0 amide bonds. The molecule has 4 nitrogen and oxygen atoms in total. The highest BCUT2D eigenvalue weighted by Crippen LogP contribution is 2.30. The van der Waals surface area contributed by atoms with Gasteiger partial charge in [0.05, 0.1) is 11.7 Å². The van der Waals surface area contributed by atoms with Gasteiger partial charge in [0.1, 0.15) is 5.82 Å². The Kier molecular flexibility index (Phi) is 6.40. The van der Waals surface area contributed by atoms with Crippen molar-refractivity contribution in [3.8, 4) is 0 Å². The number of ether oxygens (including phenoxy) is 1.